The van der Waals surface area contributed by atoms with Gasteiger partial charge in [0.15, 0.2) is 0 Å². The third-order valence-electron chi connectivity index (χ3n) is 4.04. The Bertz CT molecular complexity index is 808. The van der Waals surface area contributed by atoms with Crippen LogP contribution in [0.25, 0.3) is 5.52 Å². The van der Waals surface area contributed by atoms with Gasteiger partial charge in [-0.3, -0.25) is 4.79 Å². The van der Waals surface area contributed by atoms with Gasteiger partial charge < -0.3 is 25.8 Å². The highest BCUT2D eigenvalue weighted by Gasteiger charge is 2.36. The van der Waals surface area contributed by atoms with Crippen molar-refractivity contribution in [3.63, 3.8) is 0 Å². The standard InChI is InChI=1S/C14H16BrN5O4/c1-24-11-6-19(14(22)23)5-9(11)18-12-8(13(16)21)3-17-20-4-7(15)2-10(12)20/h2-4,9,11,18H,5-6H2,1H3,(H2,16,21)(H,22,23). The van der Waals surface area contributed by atoms with Crippen LogP contribution in [0.2, 0.25) is 0 Å². The summed E-state index contributed by atoms with van der Waals surface area (Å²) in [5, 5.41) is 16.5. The minimum absolute atomic E-state index is 0.233. The van der Waals surface area contributed by atoms with Gasteiger partial charge in [-0.15, -0.1) is 0 Å². The highest BCUT2D eigenvalue weighted by atomic mass is 79.9. The molecule has 4 N–H and O–H groups in total. The van der Waals surface area contributed by atoms with Gasteiger partial charge in [0, 0.05) is 24.3 Å². The number of ether oxygens (including phenoxy) is 1. The van der Waals surface area contributed by atoms with Crippen molar-refractivity contribution in [2.45, 2.75) is 12.1 Å². The van der Waals surface area contributed by atoms with Crippen molar-refractivity contribution >= 4 is 39.1 Å². The van der Waals surface area contributed by atoms with Crippen LogP contribution in [0.15, 0.2) is 22.9 Å². The van der Waals surface area contributed by atoms with E-state index >= 15 is 0 Å². The summed E-state index contributed by atoms with van der Waals surface area (Å²) < 4.78 is 7.77. The molecule has 9 nitrogen and oxygen atoms in total. The molecule has 3 rings (SSSR count). The van der Waals surface area contributed by atoms with Crippen LogP contribution in [0.4, 0.5) is 10.5 Å². The zero-order chi connectivity index (χ0) is 17.4. The second-order valence-corrected chi connectivity index (χ2v) is 6.41. The third kappa shape index (κ3) is 2.89. The first-order valence-corrected chi connectivity index (χ1v) is 7.94. The van der Waals surface area contributed by atoms with Gasteiger partial charge >= 0.3 is 6.09 Å². The summed E-state index contributed by atoms with van der Waals surface area (Å²) in [5.41, 5.74) is 6.84. The average Bonchev–Trinajstić information content (AvgIpc) is 3.09. The zero-order valence-electron chi connectivity index (χ0n) is 12.8. The molecule has 1 saturated heterocycles. The van der Waals surface area contributed by atoms with Crippen LogP contribution in [-0.2, 0) is 4.74 Å². The van der Waals surface area contributed by atoms with Crippen molar-refractivity contribution in [1.29, 1.82) is 0 Å². The molecule has 0 saturated carbocycles. The van der Waals surface area contributed by atoms with Crippen molar-refractivity contribution in [3.05, 3.63) is 28.5 Å². The number of nitrogens with two attached hydrogens (primary N) is 1. The van der Waals surface area contributed by atoms with Crippen LogP contribution in [0.1, 0.15) is 10.4 Å². The molecule has 2 atom stereocenters. The fraction of sp³-hybridized carbons (Fsp3) is 0.357. The number of amides is 2. The van der Waals surface area contributed by atoms with Crippen LogP contribution < -0.4 is 11.1 Å². The van der Waals surface area contributed by atoms with Crippen LogP contribution in [0.3, 0.4) is 0 Å². The number of aromatic nitrogens is 2. The minimum atomic E-state index is -1.01. The highest BCUT2D eigenvalue weighted by Crippen LogP contribution is 2.28. The van der Waals surface area contributed by atoms with E-state index in [0.29, 0.717) is 11.2 Å². The second-order valence-electron chi connectivity index (χ2n) is 5.50. The Hall–Kier alpha value is -2.33. The van der Waals surface area contributed by atoms with Crippen LogP contribution in [0, 0.1) is 0 Å². The number of carbonyl (C=O) groups excluding carboxylic acids is 1. The molecule has 1 aliphatic rings. The van der Waals surface area contributed by atoms with Crippen LogP contribution >= 0.6 is 15.9 Å². The first-order chi connectivity index (χ1) is 11.4. The number of rotatable bonds is 4. The zero-order valence-corrected chi connectivity index (χ0v) is 14.4. The molecule has 1 aliphatic heterocycles. The lowest BCUT2D eigenvalue weighted by Gasteiger charge is -2.21. The molecule has 24 heavy (non-hydrogen) atoms. The number of hydrogen-bond donors (Lipinski definition) is 3. The van der Waals surface area contributed by atoms with Crippen molar-refractivity contribution in [1.82, 2.24) is 14.5 Å². The molecular weight excluding hydrogens is 382 g/mol. The van der Waals surface area contributed by atoms with Gasteiger partial charge in [-0.1, -0.05) is 0 Å². The van der Waals surface area contributed by atoms with E-state index in [4.69, 9.17) is 10.5 Å². The van der Waals surface area contributed by atoms with Gasteiger partial charge in [0.1, 0.15) is 0 Å². The van der Waals surface area contributed by atoms with Gasteiger partial charge in [0.05, 0.1) is 41.7 Å². The maximum atomic E-state index is 11.8. The molecular formula is C14H16BrN5O4. The predicted octanol–water partition coefficient (Wildman–Crippen LogP) is 0.985. The molecule has 2 unspecified atom stereocenters. The summed E-state index contributed by atoms with van der Waals surface area (Å²) in [7, 11) is 1.52. The average molecular weight is 398 g/mol. The van der Waals surface area contributed by atoms with E-state index in [9.17, 15) is 14.7 Å². The maximum absolute atomic E-state index is 11.8. The van der Waals surface area contributed by atoms with Gasteiger partial charge in [-0.05, 0) is 22.0 Å². The fourth-order valence-corrected chi connectivity index (χ4v) is 3.27. The Morgan fingerprint density at radius 3 is 2.88 bits per heavy atom. The van der Waals surface area contributed by atoms with Gasteiger partial charge in [-0.2, -0.15) is 5.10 Å². The second kappa shape index (κ2) is 6.29. The van der Waals surface area contributed by atoms with E-state index in [1.807, 2.05) is 0 Å². The predicted molar refractivity (Wildman–Crippen MR) is 89.2 cm³/mol. The topological polar surface area (TPSA) is 122 Å². The SMILES string of the molecule is COC1CN(C(=O)O)CC1Nc1c(C(N)=O)cnn2cc(Br)cc12. The lowest BCUT2D eigenvalue weighted by Crippen LogP contribution is -2.35. The van der Waals surface area contributed by atoms with Crippen LogP contribution in [0.5, 0.6) is 0 Å². The number of nitrogens with zero attached hydrogens (tertiary/aromatic N) is 3. The molecule has 0 aromatic carbocycles. The first kappa shape index (κ1) is 16.5. The molecule has 0 bridgehead atoms. The maximum Gasteiger partial charge on any atom is 0.407 e. The molecule has 10 heteroatoms. The summed E-state index contributed by atoms with van der Waals surface area (Å²) in [4.78, 5) is 24.2. The summed E-state index contributed by atoms with van der Waals surface area (Å²) in [6.45, 7) is 0.490. The molecule has 1 fully saturated rings. The Balaban J connectivity index is 2.00. The molecule has 3 heterocycles. The lowest BCUT2D eigenvalue weighted by molar-refractivity contribution is 0.0981. The first-order valence-electron chi connectivity index (χ1n) is 7.14. The number of carboxylic acid groups (broad SMARTS) is 1. The summed E-state index contributed by atoms with van der Waals surface area (Å²) in [6, 6.07) is 1.48. The summed E-state index contributed by atoms with van der Waals surface area (Å²) in [6.07, 6.45) is 1.78. The van der Waals surface area contributed by atoms with Gasteiger partial charge in [0.2, 0.25) is 0 Å². The number of likely N-dealkylation sites (tertiary alicyclic amines) is 1. The number of hydrogen-bond acceptors (Lipinski definition) is 5. The van der Waals surface area contributed by atoms with Gasteiger partial charge in [0.25, 0.3) is 5.91 Å². The number of fused-ring (bicyclic) bond motifs is 1. The van der Waals surface area contributed by atoms with Crippen LogP contribution in [-0.4, -0.2) is 64.0 Å². The van der Waals surface area contributed by atoms with E-state index < -0.39 is 12.0 Å². The van der Waals surface area contributed by atoms with E-state index in [-0.39, 0.29) is 30.8 Å². The quantitative estimate of drug-likeness (QED) is 0.706. The molecule has 0 spiro atoms. The Morgan fingerprint density at radius 1 is 1.50 bits per heavy atom. The number of carbonyl (C=O) groups is 2. The Morgan fingerprint density at radius 2 is 2.25 bits per heavy atom. The number of anilines is 1. The molecule has 128 valence electrons. The van der Waals surface area contributed by atoms with E-state index in [1.54, 1.807) is 16.8 Å². The molecule has 0 aliphatic carbocycles. The monoisotopic (exact) mass is 397 g/mol. The smallest absolute Gasteiger partial charge is 0.407 e. The molecule has 2 aromatic rings. The molecule has 0 radical (unpaired) electrons. The number of halogens is 1. The van der Waals surface area contributed by atoms with Crippen molar-refractivity contribution < 1.29 is 19.4 Å². The van der Waals surface area contributed by atoms with E-state index in [1.165, 1.54) is 18.2 Å². The third-order valence-corrected chi connectivity index (χ3v) is 4.47. The Kier molecular flexibility index (Phi) is 4.33. The number of methoxy groups -OCH3 is 1. The molecule has 2 aromatic heterocycles. The van der Waals surface area contributed by atoms with Crippen molar-refractivity contribution in [3.8, 4) is 0 Å². The largest absolute Gasteiger partial charge is 0.465 e. The normalized spacial score (nSPS) is 20.5. The highest BCUT2D eigenvalue weighted by molar-refractivity contribution is 9.10. The van der Waals surface area contributed by atoms with Crippen molar-refractivity contribution in [2.75, 3.05) is 25.5 Å². The molecule has 2 amide bonds. The summed E-state index contributed by atoms with van der Waals surface area (Å²) >= 11 is 3.37. The minimum Gasteiger partial charge on any atom is -0.465 e. The van der Waals surface area contributed by atoms with Gasteiger partial charge in [-0.25, -0.2) is 9.31 Å². The van der Waals surface area contributed by atoms with Crippen molar-refractivity contribution in [2.24, 2.45) is 5.73 Å². The summed E-state index contributed by atoms with van der Waals surface area (Å²) in [5.74, 6) is -0.619. The Labute approximate surface area is 145 Å². The number of primary amides is 1. The number of nitrogens with one attached hydrogen (secondary N) is 1. The lowest BCUT2D eigenvalue weighted by atomic mass is 10.1. The van der Waals surface area contributed by atoms with E-state index in [2.05, 4.69) is 26.3 Å². The van der Waals surface area contributed by atoms with E-state index in [0.717, 1.165) is 4.47 Å². The fourth-order valence-electron chi connectivity index (χ4n) is 2.86.